The highest BCUT2D eigenvalue weighted by atomic mass is 16.6. The number of fused-ring (bicyclic) bond motifs is 1. The third-order valence-electron chi connectivity index (χ3n) is 5.72. The molecule has 0 atom stereocenters. The summed E-state index contributed by atoms with van der Waals surface area (Å²) in [7, 11) is 0. The van der Waals surface area contributed by atoms with Gasteiger partial charge in [0.25, 0.3) is 0 Å². The fourth-order valence-corrected chi connectivity index (χ4v) is 3.97. The first-order chi connectivity index (χ1) is 14.2. The smallest absolute Gasteiger partial charge is 0.410 e. The lowest BCUT2D eigenvalue weighted by atomic mass is 9.96. The third kappa shape index (κ3) is 6.33. The monoisotopic (exact) mass is 413 g/mol. The largest absolute Gasteiger partial charge is 0.444 e. The van der Waals surface area contributed by atoms with Gasteiger partial charge in [0.2, 0.25) is 5.91 Å². The van der Waals surface area contributed by atoms with Crippen LogP contribution in [0, 0.1) is 5.92 Å². The molecule has 0 aromatic heterocycles. The lowest BCUT2D eigenvalue weighted by Crippen LogP contribution is -2.41. The molecule has 3 rings (SSSR count). The summed E-state index contributed by atoms with van der Waals surface area (Å²) >= 11 is 0. The summed E-state index contributed by atoms with van der Waals surface area (Å²) in [6.45, 7) is 12.3. The van der Waals surface area contributed by atoms with Crippen molar-refractivity contribution in [3.8, 4) is 0 Å². The number of carbonyl (C=O) groups is 2. The topological polar surface area (TPSA) is 61.9 Å². The number of amides is 2. The van der Waals surface area contributed by atoms with Gasteiger partial charge in [-0.2, -0.15) is 0 Å². The predicted molar refractivity (Wildman–Crippen MR) is 119 cm³/mol. The van der Waals surface area contributed by atoms with Crippen LogP contribution < -0.4 is 5.32 Å². The maximum atomic E-state index is 12.4. The Bertz CT molecular complexity index is 789. The number of hydrogen-bond acceptors (Lipinski definition) is 4. The Hall–Kier alpha value is -2.34. The number of nitrogens with one attached hydrogen (secondary N) is 1. The second-order valence-electron chi connectivity index (χ2n) is 9.26. The minimum absolute atomic E-state index is 0.101. The number of hydrogen-bond donors (Lipinski definition) is 1. The van der Waals surface area contributed by atoms with E-state index < -0.39 is 5.60 Å². The van der Waals surface area contributed by atoms with Crippen molar-refractivity contribution in [2.45, 2.75) is 59.1 Å². The van der Waals surface area contributed by atoms with Crippen molar-refractivity contribution in [1.82, 2.24) is 9.80 Å². The lowest BCUT2D eigenvalue weighted by molar-refractivity contribution is -0.112. The minimum atomic E-state index is -0.474. The Morgan fingerprint density at radius 1 is 1.17 bits per heavy atom. The predicted octanol–water partition coefficient (Wildman–Crippen LogP) is 4.21. The maximum absolute atomic E-state index is 12.4. The van der Waals surface area contributed by atoms with E-state index in [1.165, 1.54) is 11.1 Å². The highest BCUT2D eigenvalue weighted by Gasteiger charge is 2.26. The molecule has 2 amide bonds. The van der Waals surface area contributed by atoms with E-state index in [2.05, 4.69) is 29.3 Å². The zero-order chi connectivity index (χ0) is 21.7. The van der Waals surface area contributed by atoms with Gasteiger partial charge in [0, 0.05) is 31.9 Å². The summed E-state index contributed by atoms with van der Waals surface area (Å²) in [5.74, 6) is 0.202. The summed E-state index contributed by atoms with van der Waals surface area (Å²) in [6.07, 6.45) is 6.06. The number of allylic oxidation sites excluding steroid dienone is 1. The van der Waals surface area contributed by atoms with Crippen LogP contribution in [-0.4, -0.2) is 53.6 Å². The number of piperidine rings is 1. The van der Waals surface area contributed by atoms with E-state index in [4.69, 9.17) is 4.74 Å². The minimum Gasteiger partial charge on any atom is -0.444 e. The van der Waals surface area contributed by atoms with E-state index in [0.717, 1.165) is 44.6 Å². The zero-order valence-corrected chi connectivity index (χ0v) is 18.7. The van der Waals surface area contributed by atoms with Gasteiger partial charge in [0.05, 0.1) is 0 Å². The molecule has 6 nitrogen and oxygen atoms in total. The molecule has 0 saturated carbocycles. The Kier molecular flexibility index (Phi) is 7.19. The first-order valence-corrected chi connectivity index (χ1v) is 11.0. The molecule has 0 aliphatic carbocycles. The fraction of sp³-hybridized carbons (Fsp3) is 0.583. The molecule has 1 fully saturated rings. The standard InChI is InChI=1S/C24H35N3O3/c1-5-26-13-12-19-16-21(8-7-20(19)17-26)25-22(28)9-6-18-10-14-27(15-11-18)23(29)30-24(2,3)4/h6-9,16,18H,5,10-15,17H2,1-4H3,(H,25,28)/b9-6+. The van der Waals surface area contributed by atoms with E-state index >= 15 is 0 Å². The number of benzene rings is 1. The van der Waals surface area contributed by atoms with Crippen molar-refractivity contribution in [2.24, 2.45) is 5.92 Å². The lowest BCUT2D eigenvalue weighted by Gasteiger charge is -2.32. The van der Waals surface area contributed by atoms with Gasteiger partial charge in [-0.1, -0.05) is 19.1 Å². The molecule has 0 bridgehead atoms. The van der Waals surface area contributed by atoms with Gasteiger partial charge in [0.1, 0.15) is 5.60 Å². The van der Waals surface area contributed by atoms with Crippen molar-refractivity contribution in [3.05, 3.63) is 41.5 Å². The van der Waals surface area contributed by atoms with E-state index in [1.54, 1.807) is 11.0 Å². The van der Waals surface area contributed by atoms with E-state index in [-0.39, 0.29) is 12.0 Å². The van der Waals surface area contributed by atoms with Crippen LogP contribution in [0.25, 0.3) is 0 Å². The first-order valence-electron chi connectivity index (χ1n) is 11.0. The van der Waals surface area contributed by atoms with Crippen LogP contribution in [0.15, 0.2) is 30.4 Å². The molecular weight excluding hydrogens is 378 g/mol. The van der Waals surface area contributed by atoms with Gasteiger partial charge in [-0.15, -0.1) is 0 Å². The molecule has 0 radical (unpaired) electrons. The highest BCUT2D eigenvalue weighted by molar-refractivity contribution is 5.99. The Labute approximate surface area is 180 Å². The van der Waals surface area contributed by atoms with Crippen LogP contribution in [0.2, 0.25) is 0 Å². The summed E-state index contributed by atoms with van der Waals surface area (Å²) < 4.78 is 5.43. The summed E-state index contributed by atoms with van der Waals surface area (Å²) in [5.41, 5.74) is 3.07. The van der Waals surface area contributed by atoms with Gasteiger partial charge < -0.3 is 15.0 Å². The van der Waals surface area contributed by atoms with Crippen molar-refractivity contribution in [3.63, 3.8) is 0 Å². The number of ether oxygens (including phenoxy) is 1. The van der Waals surface area contributed by atoms with Crippen LogP contribution in [0.5, 0.6) is 0 Å². The Morgan fingerprint density at radius 2 is 1.90 bits per heavy atom. The number of rotatable bonds is 4. The molecule has 1 aromatic rings. The molecule has 164 valence electrons. The second-order valence-corrected chi connectivity index (χ2v) is 9.26. The molecule has 30 heavy (non-hydrogen) atoms. The van der Waals surface area contributed by atoms with Crippen LogP contribution in [0.1, 0.15) is 51.7 Å². The summed E-state index contributed by atoms with van der Waals surface area (Å²) in [6, 6.07) is 6.22. The molecule has 2 heterocycles. The summed E-state index contributed by atoms with van der Waals surface area (Å²) in [5, 5.41) is 2.99. The third-order valence-corrected chi connectivity index (χ3v) is 5.72. The Morgan fingerprint density at radius 3 is 2.57 bits per heavy atom. The molecule has 0 unspecified atom stereocenters. The van der Waals surface area contributed by atoms with Crippen molar-refractivity contribution in [2.75, 3.05) is 31.5 Å². The molecule has 1 N–H and O–H groups in total. The zero-order valence-electron chi connectivity index (χ0n) is 18.7. The molecule has 1 aromatic carbocycles. The molecule has 6 heteroatoms. The number of nitrogens with zero attached hydrogens (tertiary/aromatic N) is 2. The molecule has 2 aliphatic heterocycles. The van der Waals surface area contributed by atoms with Crippen molar-refractivity contribution < 1.29 is 14.3 Å². The fourth-order valence-electron chi connectivity index (χ4n) is 3.97. The van der Waals surface area contributed by atoms with Gasteiger partial charge in [-0.25, -0.2) is 4.79 Å². The number of likely N-dealkylation sites (tertiary alicyclic amines) is 1. The quantitative estimate of drug-likeness (QED) is 0.752. The second kappa shape index (κ2) is 9.65. The Balaban J connectivity index is 1.46. The van der Waals surface area contributed by atoms with E-state index in [1.807, 2.05) is 32.9 Å². The maximum Gasteiger partial charge on any atom is 0.410 e. The van der Waals surface area contributed by atoms with Crippen LogP contribution in [0.3, 0.4) is 0 Å². The van der Waals surface area contributed by atoms with Crippen molar-refractivity contribution in [1.29, 1.82) is 0 Å². The van der Waals surface area contributed by atoms with Crippen LogP contribution in [0.4, 0.5) is 10.5 Å². The molecule has 1 saturated heterocycles. The average molecular weight is 414 g/mol. The van der Waals surface area contributed by atoms with Gasteiger partial charge in [-0.05, 0) is 81.8 Å². The SMILES string of the molecule is CCN1CCc2cc(NC(=O)/C=C/C3CCN(C(=O)OC(C)(C)C)CC3)ccc2C1. The molecular formula is C24H35N3O3. The molecule has 0 spiro atoms. The summed E-state index contributed by atoms with van der Waals surface area (Å²) in [4.78, 5) is 28.7. The normalized spacial score (nSPS) is 18.3. The number of anilines is 1. The van der Waals surface area contributed by atoms with E-state index in [9.17, 15) is 9.59 Å². The number of likely N-dealkylation sites (N-methyl/N-ethyl adjacent to an activating group) is 1. The average Bonchev–Trinajstić information content (AvgIpc) is 2.71. The van der Waals surface area contributed by atoms with Gasteiger partial charge in [-0.3, -0.25) is 9.69 Å². The van der Waals surface area contributed by atoms with E-state index in [0.29, 0.717) is 19.0 Å². The van der Waals surface area contributed by atoms with Crippen LogP contribution in [-0.2, 0) is 22.5 Å². The van der Waals surface area contributed by atoms with Gasteiger partial charge >= 0.3 is 6.09 Å². The molecule has 2 aliphatic rings. The first kappa shape index (κ1) is 22.3. The highest BCUT2D eigenvalue weighted by Crippen LogP contribution is 2.23. The van der Waals surface area contributed by atoms with Crippen molar-refractivity contribution >= 4 is 17.7 Å². The number of carbonyl (C=O) groups excluding carboxylic acids is 2. The van der Waals surface area contributed by atoms with Crippen LogP contribution >= 0.6 is 0 Å². The van der Waals surface area contributed by atoms with Gasteiger partial charge in [0.15, 0.2) is 0 Å².